The zero-order chi connectivity index (χ0) is 10.9. The summed E-state index contributed by atoms with van der Waals surface area (Å²) in [6.07, 6.45) is -0.789. The second-order valence-electron chi connectivity index (χ2n) is 2.80. The smallest absolute Gasteiger partial charge is 0.282 e. The molecule has 0 aromatic heterocycles. The highest BCUT2D eigenvalue weighted by Gasteiger charge is 2.22. The molecule has 7 nitrogen and oxygen atoms in total. The quantitative estimate of drug-likeness (QED) is 0.776. The Morgan fingerprint density at radius 2 is 1.73 bits per heavy atom. The van der Waals surface area contributed by atoms with E-state index in [-0.39, 0.29) is 10.5 Å². The molecule has 2 rings (SSSR count). The standard InChI is InChI=1S/C7H6N4O3S/c12-15(13,14)6-4-2-1-3-5(6)7-8-10-11-9-7/h1-4,7H,(H,12,13,14). The minimum atomic E-state index is -4.27. The number of hydrogen-bond acceptors (Lipinski definition) is 6. The maximum absolute atomic E-state index is 11.0. The van der Waals surface area contributed by atoms with Gasteiger partial charge in [0, 0.05) is 5.56 Å². The Hall–Kier alpha value is -1.67. The fourth-order valence-corrected chi connectivity index (χ4v) is 1.94. The lowest BCUT2D eigenvalue weighted by atomic mass is 10.2. The highest BCUT2D eigenvalue weighted by atomic mass is 32.2. The topological polar surface area (TPSA) is 104 Å². The lowest BCUT2D eigenvalue weighted by Gasteiger charge is -2.06. The Morgan fingerprint density at radius 1 is 1.13 bits per heavy atom. The van der Waals surface area contributed by atoms with Crippen molar-refractivity contribution in [3.05, 3.63) is 29.8 Å². The first-order chi connectivity index (χ1) is 7.09. The number of rotatable bonds is 2. The van der Waals surface area contributed by atoms with E-state index in [9.17, 15) is 8.42 Å². The van der Waals surface area contributed by atoms with Gasteiger partial charge >= 0.3 is 0 Å². The van der Waals surface area contributed by atoms with Gasteiger partial charge in [-0.3, -0.25) is 4.55 Å². The molecule has 0 saturated heterocycles. The molecule has 1 aliphatic heterocycles. The van der Waals surface area contributed by atoms with E-state index in [2.05, 4.69) is 20.7 Å². The molecule has 0 saturated carbocycles. The van der Waals surface area contributed by atoms with E-state index in [1.54, 1.807) is 6.07 Å². The van der Waals surface area contributed by atoms with Crippen molar-refractivity contribution in [3.63, 3.8) is 0 Å². The number of hydrogen-bond donors (Lipinski definition) is 1. The summed E-state index contributed by atoms with van der Waals surface area (Å²) in [5.41, 5.74) is 0.255. The molecule has 78 valence electrons. The molecule has 0 bridgehead atoms. The van der Waals surface area contributed by atoms with E-state index in [0.717, 1.165) is 0 Å². The van der Waals surface area contributed by atoms with E-state index in [1.807, 2.05) is 0 Å². The molecule has 0 amide bonds. The van der Waals surface area contributed by atoms with Crippen molar-refractivity contribution in [1.82, 2.24) is 0 Å². The average molecular weight is 226 g/mol. The van der Waals surface area contributed by atoms with Crippen molar-refractivity contribution >= 4 is 10.1 Å². The maximum atomic E-state index is 11.0. The van der Waals surface area contributed by atoms with Crippen molar-refractivity contribution in [2.75, 3.05) is 0 Å². The molecule has 0 atom stereocenters. The van der Waals surface area contributed by atoms with E-state index in [1.165, 1.54) is 18.2 Å². The minimum absolute atomic E-state index is 0.227. The molecule has 1 N–H and O–H groups in total. The van der Waals surface area contributed by atoms with Crippen LogP contribution in [-0.2, 0) is 10.1 Å². The van der Waals surface area contributed by atoms with Crippen LogP contribution in [0.3, 0.4) is 0 Å². The molecular formula is C7H6N4O3S. The van der Waals surface area contributed by atoms with Gasteiger partial charge in [0.25, 0.3) is 10.1 Å². The van der Waals surface area contributed by atoms with Crippen LogP contribution in [0.25, 0.3) is 0 Å². The molecule has 1 aromatic rings. The molecule has 0 radical (unpaired) electrons. The first kappa shape index (κ1) is 9.87. The predicted molar refractivity (Wildman–Crippen MR) is 48.7 cm³/mol. The third-order valence-electron chi connectivity index (χ3n) is 1.84. The van der Waals surface area contributed by atoms with Crippen LogP contribution in [0.5, 0.6) is 0 Å². The van der Waals surface area contributed by atoms with Gasteiger partial charge in [-0.05, 0) is 16.5 Å². The summed E-state index contributed by atoms with van der Waals surface area (Å²) in [5, 5.41) is 13.7. The van der Waals surface area contributed by atoms with Crippen LogP contribution in [0, 0.1) is 0 Å². The third-order valence-corrected chi connectivity index (χ3v) is 2.76. The second-order valence-corrected chi connectivity index (χ2v) is 4.19. The molecule has 0 fully saturated rings. The molecule has 15 heavy (non-hydrogen) atoms. The normalized spacial score (nSPS) is 16.1. The Labute approximate surface area is 85.3 Å². The zero-order valence-electron chi connectivity index (χ0n) is 7.35. The Kier molecular flexibility index (Phi) is 2.29. The van der Waals surface area contributed by atoms with Gasteiger partial charge in [0.15, 0.2) is 0 Å². The van der Waals surface area contributed by atoms with Crippen molar-refractivity contribution in [2.45, 2.75) is 11.1 Å². The first-order valence-corrected chi connectivity index (χ1v) is 5.39. The van der Waals surface area contributed by atoms with Gasteiger partial charge in [-0.25, -0.2) is 0 Å². The van der Waals surface area contributed by atoms with Crippen molar-refractivity contribution < 1.29 is 13.0 Å². The molecule has 1 aliphatic rings. The van der Waals surface area contributed by atoms with Gasteiger partial charge in [-0.15, -0.1) is 10.2 Å². The van der Waals surface area contributed by atoms with Crippen LogP contribution in [0.2, 0.25) is 0 Å². The number of benzene rings is 1. The predicted octanol–water partition coefficient (Wildman–Crippen LogP) is 1.76. The SMILES string of the molecule is O=S(=O)(O)c1ccccc1C1N=NN=N1. The molecule has 8 heteroatoms. The first-order valence-electron chi connectivity index (χ1n) is 3.95. The third kappa shape index (κ3) is 1.90. The summed E-state index contributed by atoms with van der Waals surface area (Å²) < 4.78 is 31.0. The lowest BCUT2D eigenvalue weighted by molar-refractivity contribution is 0.481. The van der Waals surface area contributed by atoms with Crippen LogP contribution in [-0.4, -0.2) is 13.0 Å². The van der Waals surface area contributed by atoms with Crippen LogP contribution in [0.4, 0.5) is 0 Å². The van der Waals surface area contributed by atoms with Gasteiger partial charge in [0.05, 0.1) is 0 Å². The molecule has 0 spiro atoms. The fraction of sp³-hybridized carbons (Fsp3) is 0.143. The number of nitrogens with zero attached hydrogens (tertiary/aromatic N) is 4. The van der Waals surface area contributed by atoms with Crippen LogP contribution in [0.15, 0.2) is 49.8 Å². The molecule has 0 aliphatic carbocycles. The Morgan fingerprint density at radius 3 is 2.33 bits per heavy atom. The van der Waals surface area contributed by atoms with Crippen molar-refractivity contribution in [2.24, 2.45) is 20.7 Å². The van der Waals surface area contributed by atoms with Crippen molar-refractivity contribution in [1.29, 1.82) is 0 Å². The molecule has 0 unspecified atom stereocenters. The average Bonchev–Trinajstić information content (AvgIpc) is 2.69. The lowest BCUT2D eigenvalue weighted by Crippen LogP contribution is -2.04. The van der Waals surface area contributed by atoms with Crippen LogP contribution >= 0.6 is 0 Å². The highest BCUT2D eigenvalue weighted by molar-refractivity contribution is 7.85. The summed E-state index contributed by atoms with van der Waals surface area (Å²) in [7, 11) is -4.27. The second kappa shape index (κ2) is 3.48. The Balaban J connectivity index is 2.57. The monoisotopic (exact) mass is 226 g/mol. The summed E-state index contributed by atoms with van der Waals surface area (Å²) in [4.78, 5) is -0.227. The highest BCUT2D eigenvalue weighted by Crippen LogP contribution is 2.29. The van der Waals surface area contributed by atoms with Gasteiger partial charge in [-0.1, -0.05) is 18.2 Å². The summed E-state index contributed by atoms with van der Waals surface area (Å²) in [6, 6.07) is 5.88. The van der Waals surface area contributed by atoms with E-state index in [4.69, 9.17) is 4.55 Å². The summed E-state index contributed by atoms with van der Waals surface area (Å²) in [5.74, 6) is 0. The van der Waals surface area contributed by atoms with Crippen molar-refractivity contribution in [3.8, 4) is 0 Å². The fourth-order valence-electron chi connectivity index (χ4n) is 1.22. The van der Waals surface area contributed by atoms with Crippen LogP contribution < -0.4 is 0 Å². The zero-order valence-corrected chi connectivity index (χ0v) is 8.16. The van der Waals surface area contributed by atoms with Gasteiger partial charge in [0.2, 0.25) is 6.17 Å². The van der Waals surface area contributed by atoms with Gasteiger partial charge in [-0.2, -0.15) is 8.42 Å². The molecule has 1 aromatic carbocycles. The molecule has 1 heterocycles. The Bertz CT molecular complexity index is 525. The molecular weight excluding hydrogens is 220 g/mol. The van der Waals surface area contributed by atoms with E-state index >= 15 is 0 Å². The summed E-state index contributed by atoms with van der Waals surface area (Å²) in [6.45, 7) is 0. The van der Waals surface area contributed by atoms with E-state index in [0.29, 0.717) is 0 Å². The van der Waals surface area contributed by atoms with Crippen LogP contribution in [0.1, 0.15) is 11.7 Å². The largest absolute Gasteiger partial charge is 0.294 e. The summed E-state index contributed by atoms with van der Waals surface area (Å²) >= 11 is 0. The maximum Gasteiger partial charge on any atom is 0.294 e. The minimum Gasteiger partial charge on any atom is -0.282 e. The van der Waals surface area contributed by atoms with E-state index < -0.39 is 16.3 Å². The van der Waals surface area contributed by atoms with Gasteiger partial charge in [0.1, 0.15) is 4.90 Å². The van der Waals surface area contributed by atoms with Gasteiger partial charge < -0.3 is 0 Å².